The fourth-order valence-corrected chi connectivity index (χ4v) is 1.92. The van der Waals surface area contributed by atoms with Gasteiger partial charge in [-0.1, -0.05) is 19.1 Å². The van der Waals surface area contributed by atoms with E-state index < -0.39 is 0 Å². The van der Waals surface area contributed by atoms with Gasteiger partial charge in [0, 0.05) is 19.3 Å². The van der Waals surface area contributed by atoms with E-state index in [0.717, 1.165) is 12.1 Å². The van der Waals surface area contributed by atoms with E-state index >= 15 is 0 Å². The lowest BCUT2D eigenvalue weighted by atomic mass is 10.2. The maximum Gasteiger partial charge on any atom is 0.274 e. The third-order valence-electron chi connectivity index (χ3n) is 3.56. The number of hydrogen-bond donors (Lipinski definition) is 1. The zero-order chi connectivity index (χ0) is 14.7. The standard InChI is InChI=1S/C15H20N4O/c1-4-11(2)18(3)15(20)13-9-10-19(17-13)14-8-6-5-7-12(14)16/h5-11H,4,16H2,1-3H3. The highest BCUT2D eigenvalue weighted by atomic mass is 16.2. The van der Waals surface area contributed by atoms with Crippen LogP contribution in [0.2, 0.25) is 0 Å². The predicted molar refractivity (Wildman–Crippen MR) is 79.8 cm³/mol. The Morgan fingerprint density at radius 2 is 2.10 bits per heavy atom. The zero-order valence-corrected chi connectivity index (χ0v) is 12.1. The summed E-state index contributed by atoms with van der Waals surface area (Å²) >= 11 is 0. The van der Waals surface area contributed by atoms with E-state index in [1.54, 1.807) is 28.9 Å². The summed E-state index contributed by atoms with van der Waals surface area (Å²) in [5, 5.41) is 4.32. The minimum Gasteiger partial charge on any atom is -0.397 e. The van der Waals surface area contributed by atoms with Crippen molar-refractivity contribution in [3.63, 3.8) is 0 Å². The smallest absolute Gasteiger partial charge is 0.274 e. The number of rotatable bonds is 4. The number of anilines is 1. The first-order valence-electron chi connectivity index (χ1n) is 6.72. The molecule has 0 fully saturated rings. The minimum absolute atomic E-state index is 0.0763. The summed E-state index contributed by atoms with van der Waals surface area (Å²) in [6.07, 6.45) is 2.66. The quantitative estimate of drug-likeness (QED) is 0.869. The Morgan fingerprint density at radius 3 is 2.75 bits per heavy atom. The normalized spacial score (nSPS) is 12.2. The summed E-state index contributed by atoms with van der Waals surface area (Å²) in [4.78, 5) is 14.0. The van der Waals surface area contributed by atoms with Crippen LogP contribution < -0.4 is 5.73 Å². The van der Waals surface area contributed by atoms with Crippen molar-refractivity contribution in [3.05, 3.63) is 42.2 Å². The SMILES string of the molecule is CCC(C)N(C)C(=O)c1ccn(-c2ccccc2N)n1. The van der Waals surface area contributed by atoms with Crippen molar-refractivity contribution >= 4 is 11.6 Å². The van der Waals surface area contributed by atoms with E-state index in [2.05, 4.69) is 12.0 Å². The molecule has 5 heteroatoms. The van der Waals surface area contributed by atoms with Crippen LogP contribution in [0, 0.1) is 0 Å². The molecule has 0 saturated heterocycles. The topological polar surface area (TPSA) is 64.2 Å². The highest BCUT2D eigenvalue weighted by Gasteiger charge is 2.18. The molecule has 1 aromatic heterocycles. The lowest BCUT2D eigenvalue weighted by molar-refractivity contribution is 0.0734. The van der Waals surface area contributed by atoms with Gasteiger partial charge in [-0.25, -0.2) is 4.68 Å². The van der Waals surface area contributed by atoms with Gasteiger partial charge in [0.15, 0.2) is 5.69 Å². The van der Waals surface area contributed by atoms with E-state index in [-0.39, 0.29) is 11.9 Å². The molecule has 1 amide bonds. The monoisotopic (exact) mass is 272 g/mol. The summed E-state index contributed by atoms with van der Waals surface area (Å²) in [7, 11) is 1.80. The Hall–Kier alpha value is -2.30. The molecule has 1 aromatic carbocycles. The molecular weight excluding hydrogens is 252 g/mol. The Bertz CT molecular complexity index is 605. The van der Waals surface area contributed by atoms with Crippen LogP contribution in [0.4, 0.5) is 5.69 Å². The van der Waals surface area contributed by atoms with Crippen LogP contribution in [-0.4, -0.2) is 33.7 Å². The number of aromatic nitrogens is 2. The Kier molecular flexibility index (Phi) is 4.08. The van der Waals surface area contributed by atoms with Crippen LogP contribution in [0.5, 0.6) is 0 Å². The molecule has 2 N–H and O–H groups in total. The molecule has 0 spiro atoms. The average molecular weight is 272 g/mol. The number of carbonyl (C=O) groups is 1. The zero-order valence-electron chi connectivity index (χ0n) is 12.1. The van der Waals surface area contributed by atoms with Gasteiger partial charge in [0.05, 0.1) is 11.4 Å². The Labute approximate surface area is 119 Å². The van der Waals surface area contributed by atoms with Gasteiger partial charge in [0.25, 0.3) is 5.91 Å². The first-order valence-corrected chi connectivity index (χ1v) is 6.72. The van der Waals surface area contributed by atoms with E-state index in [4.69, 9.17) is 5.73 Å². The molecular formula is C15H20N4O. The van der Waals surface area contributed by atoms with Gasteiger partial charge >= 0.3 is 0 Å². The Morgan fingerprint density at radius 1 is 1.40 bits per heavy atom. The van der Waals surface area contributed by atoms with Gasteiger partial charge < -0.3 is 10.6 Å². The summed E-state index contributed by atoms with van der Waals surface area (Å²) in [6, 6.07) is 9.34. The van der Waals surface area contributed by atoms with Crippen LogP contribution in [0.3, 0.4) is 0 Å². The second-order valence-electron chi connectivity index (χ2n) is 4.88. The number of nitrogen functional groups attached to an aromatic ring is 1. The second-order valence-corrected chi connectivity index (χ2v) is 4.88. The van der Waals surface area contributed by atoms with Crippen LogP contribution in [0.25, 0.3) is 5.69 Å². The maximum absolute atomic E-state index is 12.3. The molecule has 1 heterocycles. The number of para-hydroxylation sites is 2. The van der Waals surface area contributed by atoms with E-state index in [9.17, 15) is 4.79 Å². The molecule has 20 heavy (non-hydrogen) atoms. The molecule has 0 bridgehead atoms. The maximum atomic E-state index is 12.3. The van der Waals surface area contributed by atoms with Gasteiger partial charge in [-0.3, -0.25) is 4.79 Å². The van der Waals surface area contributed by atoms with Crippen molar-refractivity contribution in [3.8, 4) is 5.69 Å². The summed E-state index contributed by atoms with van der Waals surface area (Å²) in [5.74, 6) is -0.0763. The first-order chi connectivity index (χ1) is 9.54. The van der Waals surface area contributed by atoms with Crippen molar-refractivity contribution in [2.24, 2.45) is 0 Å². The average Bonchev–Trinajstić information content (AvgIpc) is 2.94. The number of nitrogens with zero attached hydrogens (tertiary/aromatic N) is 3. The molecule has 2 aromatic rings. The predicted octanol–water partition coefficient (Wildman–Crippen LogP) is 2.33. The van der Waals surface area contributed by atoms with Crippen molar-refractivity contribution in [2.45, 2.75) is 26.3 Å². The molecule has 0 aliphatic carbocycles. The van der Waals surface area contributed by atoms with Crippen LogP contribution in [-0.2, 0) is 0 Å². The summed E-state index contributed by atoms with van der Waals surface area (Å²) in [6.45, 7) is 4.07. The second kappa shape index (κ2) is 5.77. The van der Waals surface area contributed by atoms with Crippen LogP contribution >= 0.6 is 0 Å². The van der Waals surface area contributed by atoms with Crippen molar-refractivity contribution < 1.29 is 4.79 Å². The van der Waals surface area contributed by atoms with Crippen molar-refractivity contribution in [1.82, 2.24) is 14.7 Å². The molecule has 1 unspecified atom stereocenters. The molecule has 106 valence electrons. The molecule has 0 aliphatic heterocycles. The lowest BCUT2D eigenvalue weighted by Gasteiger charge is -2.22. The molecule has 2 rings (SSSR count). The van der Waals surface area contributed by atoms with E-state index in [1.807, 2.05) is 31.2 Å². The molecule has 5 nitrogen and oxygen atoms in total. The molecule has 0 saturated carbocycles. The summed E-state index contributed by atoms with van der Waals surface area (Å²) < 4.78 is 1.63. The number of benzene rings is 1. The number of nitrogens with two attached hydrogens (primary N) is 1. The first kappa shape index (κ1) is 14.1. The molecule has 0 radical (unpaired) electrons. The minimum atomic E-state index is -0.0763. The van der Waals surface area contributed by atoms with Crippen molar-refractivity contribution in [2.75, 3.05) is 12.8 Å². The van der Waals surface area contributed by atoms with Gasteiger partial charge in [0.1, 0.15) is 0 Å². The Balaban J connectivity index is 2.26. The largest absolute Gasteiger partial charge is 0.397 e. The third-order valence-corrected chi connectivity index (χ3v) is 3.56. The number of hydrogen-bond acceptors (Lipinski definition) is 3. The van der Waals surface area contributed by atoms with Gasteiger partial charge in [-0.05, 0) is 31.5 Å². The highest BCUT2D eigenvalue weighted by molar-refractivity contribution is 5.92. The number of amides is 1. The van der Waals surface area contributed by atoms with Gasteiger partial charge in [0.2, 0.25) is 0 Å². The molecule has 1 atom stereocenters. The fourth-order valence-electron chi connectivity index (χ4n) is 1.92. The number of carbonyl (C=O) groups excluding carboxylic acids is 1. The van der Waals surface area contributed by atoms with Crippen LogP contribution in [0.1, 0.15) is 30.8 Å². The third kappa shape index (κ3) is 2.66. The lowest BCUT2D eigenvalue weighted by Crippen LogP contribution is -2.34. The fraction of sp³-hybridized carbons (Fsp3) is 0.333. The van der Waals surface area contributed by atoms with E-state index in [0.29, 0.717) is 11.4 Å². The van der Waals surface area contributed by atoms with Gasteiger partial charge in [-0.2, -0.15) is 5.10 Å². The molecule has 0 aliphatic rings. The van der Waals surface area contributed by atoms with E-state index in [1.165, 1.54) is 0 Å². The summed E-state index contributed by atoms with van der Waals surface area (Å²) in [5.41, 5.74) is 7.74. The van der Waals surface area contributed by atoms with Crippen molar-refractivity contribution in [1.29, 1.82) is 0 Å². The highest BCUT2D eigenvalue weighted by Crippen LogP contribution is 2.16. The van der Waals surface area contributed by atoms with Gasteiger partial charge in [-0.15, -0.1) is 0 Å². The van der Waals surface area contributed by atoms with Crippen LogP contribution in [0.15, 0.2) is 36.5 Å².